The molecule has 3 nitrogen and oxygen atoms in total. The SMILES string of the molecule is O=c1c2ccccc2nc(/C=C\c2ccccc2F)n1-c1ccccc1F. The normalized spacial score (nSPS) is 11.3. The highest BCUT2D eigenvalue weighted by atomic mass is 19.1. The zero-order valence-corrected chi connectivity index (χ0v) is 14.1. The fourth-order valence-electron chi connectivity index (χ4n) is 2.90. The number of rotatable bonds is 3. The van der Waals surface area contributed by atoms with Crippen molar-refractivity contribution in [2.45, 2.75) is 0 Å². The van der Waals surface area contributed by atoms with Crippen LogP contribution in [0.1, 0.15) is 11.4 Å². The second-order valence-electron chi connectivity index (χ2n) is 5.93. The molecule has 1 heterocycles. The number of hydrogen-bond acceptors (Lipinski definition) is 2. The minimum atomic E-state index is -0.544. The van der Waals surface area contributed by atoms with Crippen molar-refractivity contribution in [3.05, 3.63) is 106 Å². The molecule has 0 saturated carbocycles. The summed E-state index contributed by atoms with van der Waals surface area (Å²) in [4.78, 5) is 17.5. The van der Waals surface area contributed by atoms with Crippen LogP contribution in [0.5, 0.6) is 0 Å². The molecule has 0 aliphatic rings. The topological polar surface area (TPSA) is 34.9 Å². The Labute approximate surface area is 153 Å². The maximum Gasteiger partial charge on any atom is 0.266 e. The zero-order chi connectivity index (χ0) is 18.8. The molecule has 0 fully saturated rings. The molecule has 0 amide bonds. The first kappa shape index (κ1) is 16.8. The van der Waals surface area contributed by atoms with Crippen molar-refractivity contribution in [1.29, 1.82) is 0 Å². The van der Waals surface area contributed by atoms with Crippen molar-refractivity contribution in [1.82, 2.24) is 9.55 Å². The average molecular weight is 360 g/mol. The van der Waals surface area contributed by atoms with Gasteiger partial charge in [0.15, 0.2) is 0 Å². The third-order valence-electron chi connectivity index (χ3n) is 4.21. The molecule has 0 bridgehead atoms. The van der Waals surface area contributed by atoms with Crippen molar-refractivity contribution in [2.24, 2.45) is 0 Å². The number of halogens is 2. The summed E-state index contributed by atoms with van der Waals surface area (Å²) in [5, 5.41) is 0.379. The van der Waals surface area contributed by atoms with Crippen LogP contribution in [-0.2, 0) is 0 Å². The first-order chi connectivity index (χ1) is 13.1. The second kappa shape index (κ2) is 6.96. The maximum absolute atomic E-state index is 14.4. The predicted octanol–water partition coefficient (Wildman–Crippen LogP) is 4.83. The Kier molecular flexibility index (Phi) is 4.34. The summed E-state index contributed by atoms with van der Waals surface area (Å²) in [6, 6.07) is 19.1. The Morgan fingerprint density at radius 3 is 2.22 bits per heavy atom. The Hall–Kier alpha value is -3.60. The quantitative estimate of drug-likeness (QED) is 0.524. The molecule has 4 aromatic rings. The predicted molar refractivity (Wildman–Crippen MR) is 103 cm³/mol. The van der Waals surface area contributed by atoms with Gasteiger partial charge < -0.3 is 0 Å². The maximum atomic E-state index is 14.4. The summed E-state index contributed by atoms with van der Waals surface area (Å²) >= 11 is 0. The first-order valence-electron chi connectivity index (χ1n) is 8.34. The van der Waals surface area contributed by atoms with Gasteiger partial charge in [0, 0.05) is 5.56 Å². The van der Waals surface area contributed by atoms with Crippen molar-refractivity contribution < 1.29 is 8.78 Å². The lowest BCUT2D eigenvalue weighted by Gasteiger charge is -2.12. The molecule has 5 heteroatoms. The minimum Gasteiger partial charge on any atom is -0.268 e. The molecule has 1 aromatic heterocycles. The van der Waals surface area contributed by atoms with Gasteiger partial charge in [0.05, 0.1) is 16.6 Å². The summed E-state index contributed by atoms with van der Waals surface area (Å²) < 4.78 is 29.5. The summed E-state index contributed by atoms with van der Waals surface area (Å²) in [7, 11) is 0. The summed E-state index contributed by atoms with van der Waals surface area (Å²) in [5.74, 6) is -0.724. The third kappa shape index (κ3) is 3.15. The van der Waals surface area contributed by atoms with E-state index in [-0.39, 0.29) is 17.1 Å². The molecule has 0 radical (unpaired) electrons. The standard InChI is InChI=1S/C22H14F2N2O/c23-17-9-3-1-7-15(17)13-14-21-25-19-11-5-2-8-16(19)22(27)26(21)20-12-6-4-10-18(20)24/h1-14H/b14-13-. The highest BCUT2D eigenvalue weighted by Gasteiger charge is 2.13. The molecular formula is C22H14F2N2O. The Bertz CT molecular complexity index is 1230. The van der Waals surface area contributed by atoms with E-state index < -0.39 is 11.6 Å². The van der Waals surface area contributed by atoms with Gasteiger partial charge in [-0.2, -0.15) is 0 Å². The van der Waals surface area contributed by atoms with Crippen molar-refractivity contribution >= 4 is 23.1 Å². The summed E-state index contributed by atoms with van der Waals surface area (Å²) in [5.41, 5.74) is 0.538. The van der Waals surface area contributed by atoms with Crippen LogP contribution in [0.15, 0.2) is 77.6 Å². The van der Waals surface area contributed by atoms with Crippen LogP contribution in [0.25, 0.3) is 28.7 Å². The second-order valence-corrected chi connectivity index (χ2v) is 5.93. The highest BCUT2D eigenvalue weighted by Crippen LogP contribution is 2.18. The van der Waals surface area contributed by atoms with E-state index in [9.17, 15) is 13.6 Å². The van der Waals surface area contributed by atoms with Gasteiger partial charge in [-0.1, -0.05) is 42.5 Å². The van der Waals surface area contributed by atoms with Crippen molar-refractivity contribution in [3.8, 4) is 5.69 Å². The molecule has 132 valence electrons. The van der Waals surface area contributed by atoms with Crippen LogP contribution in [-0.4, -0.2) is 9.55 Å². The van der Waals surface area contributed by atoms with E-state index in [0.29, 0.717) is 16.5 Å². The van der Waals surface area contributed by atoms with E-state index in [0.717, 1.165) is 0 Å². The zero-order valence-electron chi connectivity index (χ0n) is 14.1. The van der Waals surface area contributed by atoms with Gasteiger partial charge >= 0.3 is 0 Å². The Morgan fingerprint density at radius 1 is 0.778 bits per heavy atom. The first-order valence-corrected chi connectivity index (χ1v) is 8.34. The van der Waals surface area contributed by atoms with Gasteiger partial charge in [0.1, 0.15) is 17.5 Å². The van der Waals surface area contributed by atoms with Crippen LogP contribution < -0.4 is 5.56 Å². The summed E-state index contributed by atoms with van der Waals surface area (Å²) in [6.45, 7) is 0. The number of nitrogens with zero attached hydrogens (tertiary/aromatic N) is 2. The van der Waals surface area contributed by atoms with E-state index in [1.165, 1.54) is 34.9 Å². The van der Waals surface area contributed by atoms with E-state index >= 15 is 0 Å². The lowest BCUT2D eigenvalue weighted by atomic mass is 10.2. The monoisotopic (exact) mass is 360 g/mol. The largest absolute Gasteiger partial charge is 0.268 e. The molecular weight excluding hydrogens is 346 g/mol. The molecule has 0 aliphatic carbocycles. The lowest BCUT2D eigenvalue weighted by Crippen LogP contribution is -2.23. The van der Waals surface area contributed by atoms with Gasteiger partial charge in [0.2, 0.25) is 0 Å². The Balaban J connectivity index is 1.99. The minimum absolute atomic E-state index is 0.0916. The highest BCUT2D eigenvalue weighted by molar-refractivity contribution is 5.80. The third-order valence-corrected chi connectivity index (χ3v) is 4.21. The molecule has 0 spiro atoms. The van der Waals surface area contributed by atoms with Crippen molar-refractivity contribution in [3.63, 3.8) is 0 Å². The fraction of sp³-hybridized carbons (Fsp3) is 0. The molecule has 27 heavy (non-hydrogen) atoms. The fourth-order valence-corrected chi connectivity index (χ4v) is 2.90. The number of fused-ring (bicyclic) bond motifs is 1. The number of benzene rings is 3. The van der Waals surface area contributed by atoms with Gasteiger partial charge in [-0.15, -0.1) is 0 Å². The van der Waals surface area contributed by atoms with Crippen LogP contribution >= 0.6 is 0 Å². The summed E-state index contributed by atoms with van der Waals surface area (Å²) in [6.07, 6.45) is 3.03. The Morgan fingerprint density at radius 2 is 1.44 bits per heavy atom. The van der Waals surface area contributed by atoms with Gasteiger partial charge in [-0.05, 0) is 42.5 Å². The number of hydrogen-bond donors (Lipinski definition) is 0. The molecule has 3 aromatic carbocycles. The molecule has 0 atom stereocenters. The molecule has 0 aliphatic heterocycles. The van der Waals surface area contributed by atoms with Gasteiger partial charge in [-0.25, -0.2) is 13.8 Å². The van der Waals surface area contributed by atoms with Crippen molar-refractivity contribution in [2.75, 3.05) is 0 Å². The van der Waals surface area contributed by atoms with E-state index in [4.69, 9.17) is 0 Å². The average Bonchev–Trinajstić information content (AvgIpc) is 2.68. The van der Waals surface area contributed by atoms with E-state index in [1.54, 1.807) is 54.6 Å². The van der Waals surface area contributed by atoms with Crippen LogP contribution in [0.2, 0.25) is 0 Å². The van der Waals surface area contributed by atoms with E-state index in [2.05, 4.69) is 4.98 Å². The van der Waals surface area contributed by atoms with E-state index in [1.807, 2.05) is 0 Å². The van der Waals surface area contributed by atoms with Crippen LogP contribution in [0.4, 0.5) is 8.78 Å². The smallest absolute Gasteiger partial charge is 0.266 e. The number of para-hydroxylation sites is 2. The molecule has 0 saturated heterocycles. The van der Waals surface area contributed by atoms with Crippen LogP contribution in [0, 0.1) is 11.6 Å². The van der Waals surface area contributed by atoms with Crippen LogP contribution in [0.3, 0.4) is 0 Å². The van der Waals surface area contributed by atoms with Gasteiger partial charge in [0.25, 0.3) is 5.56 Å². The molecule has 0 unspecified atom stereocenters. The lowest BCUT2D eigenvalue weighted by molar-refractivity contribution is 0.615. The number of aromatic nitrogens is 2. The van der Waals surface area contributed by atoms with Gasteiger partial charge in [-0.3, -0.25) is 9.36 Å². The molecule has 4 rings (SSSR count). The molecule has 0 N–H and O–H groups in total.